The SMILES string of the molecule is CC(C)Oc1ccc(-c2ccc(N)cn2)cc1. The van der Waals surface area contributed by atoms with E-state index in [2.05, 4.69) is 4.98 Å². The lowest BCUT2D eigenvalue weighted by Crippen LogP contribution is -2.05. The highest BCUT2D eigenvalue weighted by Crippen LogP contribution is 2.21. The molecule has 0 spiro atoms. The first-order valence-electron chi connectivity index (χ1n) is 5.64. The highest BCUT2D eigenvalue weighted by Gasteiger charge is 2.01. The van der Waals surface area contributed by atoms with Gasteiger partial charge in [-0.25, -0.2) is 0 Å². The Bertz CT molecular complexity index is 475. The Morgan fingerprint density at radius 2 is 1.76 bits per heavy atom. The summed E-state index contributed by atoms with van der Waals surface area (Å²) in [7, 11) is 0. The van der Waals surface area contributed by atoms with Crippen molar-refractivity contribution in [1.29, 1.82) is 0 Å². The third-order valence-corrected chi connectivity index (χ3v) is 2.31. The number of hydrogen-bond donors (Lipinski definition) is 1. The fourth-order valence-corrected chi connectivity index (χ4v) is 1.55. The molecule has 0 saturated carbocycles. The molecular formula is C14H16N2O. The summed E-state index contributed by atoms with van der Waals surface area (Å²) in [4.78, 5) is 4.27. The van der Waals surface area contributed by atoms with Crippen molar-refractivity contribution in [3.05, 3.63) is 42.6 Å². The van der Waals surface area contributed by atoms with E-state index in [1.165, 1.54) is 0 Å². The average Bonchev–Trinajstić information content (AvgIpc) is 2.30. The topological polar surface area (TPSA) is 48.1 Å². The van der Waals surface area contributed by atoms with Gasteiger partial charge < -0.3 is 10.5 Å². The minimum atomic E-state index is 0.190. The van der Waals surface area contributed by atoms with E-state index in [0.29, 0.717) is 5.69 Å². The highest BCUT2D eigenvalue weighted by molar-refractivity contribution is 5.61. The zero-order valence-electron chi connectivity index (χ0n) is 10.1. The Kier molecular flexibility index (Phi) is 3.28. The second-order valence-electron chi connectivity index (χ2n) is 4.17. The van der Waals surface area contributed by atoms with Crippen LogP contribution < -0.4 is 10.5 Å². The van der Waals surface area contributed by atoms with E-state index in [1.54, 1.807) is 6.20 Å². The van der Waals surface area contributed by atoms with E-state index in [4.69, 9.17) is 10.5 Å². The van der Waals surface area contributed by atoms with Gasteiger partial charge in [0.25, 0.3) is 0 Å². The predicted molar refractivity (Wildman–Crippen MR) is 69.8 cm³/mol. The number of nitrogens with zero attached hydrogens (tertiary/aromatic N) is 1. The first kappa shape index (κ1) is 11.5. The van der Waals surface area contributed by atoms with Crippen LogP contribution in [0.1, 0.15) is 13.8 Å². The highest BCUT2D eigenvalue weighted by atomic mass is 16.5. The molecule has 1 aromatic carbocycles. The molecule has 3 nitrogen and oxygen atoms in total. The van der Waals surface area contributed by atoms with Crippen molar-refractivity contribution in [2.75, 3.05) is 5.73 Å². The Labute approximate surface area is 101 Å². The van der Waals surface area contributed by atoms with Crippen LogP contribution in [0.4, 0.5) is 5.69 Å². The number of aromatic nitrogens is 1. The van der Waals surface area contributed by atoms with Crippen molar-refractivity contribution in [2.45, 2.75) is 20.0 Å². The van der Waals surface area contributed by atoms with Crippen LogP contribution in [-0.2, 0) is 0 Å². The summed E-state index contributed by atoms with van der Waals surface area (Å²) in [6, 6.07) is 11.7. The summed E-state index contributed by atoms with van der Waals surface area (Å²) < 4.78 is 5.58. The van der Waals surface area contributed by atoms with Gasteiger partial charge in [-0.05, 0) is 50.2 Å². The van der Waals surface area contributed by atoms with E-state index in [1.807, 2.05) is 50.2 Å². The van der Waals surface area contributed by atoms with Crippen molar-refractivity contribution in [2.24, 2.45) is 0 Å². The first-order valence-corrected chi connectivity index (χ1v) is 5.64. The summed E-state index contributed by atoms with van der Waals surface area (Å²) in [5.74, 6) is 0.874. The molecule has 1 aromatic heterocycles. The molecule has 2 rings (SSSR count). The molecule has 17 heavy (non-hydrogen) atoms. The number of anilines is 1. The summed E-state index contributed by atoms with van der Waals surface area (Å²) in [6.45, 7) is 4.02. The summed E-state index contributed by atoms with van der Waals surface area (Å²) in [6.07, 6.45) is 1.85. The normalized spacial score (nSPS) is 10.5. The molecule has 3 heteroatoms. The number of ether oxygens (including phenoxy) is 1. The second kappa shape index (κ2) is 4.87. The third-order valence-electron chi connectivity index (χ3n) is 2.31. The Morgan fingerprint density at radius 3 is 2.29 bits per heavy atom. The van der Waals surface area contributed by atoms with Gasteiger partial charge in [0, 0.05) is 5.56 Å². The Hall–Kier alpha value is -2.03. The van der Waals surface area contributed by atoms with E-state index in [0.717, 1.165) is 17.0 Å². The molecule has 0 fully saturated rings. The molecular weight excluding hydrogens is 212 g/mol. The van der Waals surface area contributed by atoms with Gasteiger partial charge in [0.15, 0.2) is 0 Å². The zero-order valence-corrected chi connectivity index (χ0v) is 10.1. The molecule has 0 aliphatic heterocycles. The lowest BCUT2D eigenvalue weighted by Gasteiger charge is -2.09. The molecule has 0 bridgehead atoms. The quantitative estimate of drug-likeness (QED) is 0.878. The fraction of sp³-hybridized carbons (Fsp3) is 0.214. The van der Waals surface area contributed by atoms with Crippen LogP contribution in [-0.4, -0.2) is 11.1 Å². The first-order chi connectivity index (χ1) is 8.15. The van der Waals surface area contributed by atoms with Crippen LogP contribution in [0.3, 0.4) is 0 Å². The molecule has 0 saturated heterocycles. The second-order valence-corrected chi connectivity index (χ2v) is 4.17. The van der Waals surface area contributed by atoms with Crippen molar-refractivity contribution < 1.29 is 4.74 Å². The lowest BCUT2D eigenvalue weighted by atomic mass is 10.1. The van der Waals surface area contributed by atoms with Gasteiger partial charge in [0.2, 0.25) is 0 Å². The maximum Gasteiger partial charge on any atom is 0.119 e. The van der Waals surface area contributed by atoms with Crippen molar-refractivity contribution >= 4 is 5.69 Å². The molecule has 0 unspecified atom stereocenters. The van der Waals surface area contributed by atoms with Crippen LogP contribution >= 0.6 is 0 Å². The van der Waals surface area contributed by atoms with Crippen molar-refractivity contribution in [3.63, 3.8) is 0 Å². The van der Waals surface area contributed by atoms with Crippen LogP contribution in [0.2, 0.25) is 0 Å². The number of rotatable bonds is 3. The van der Waals surface area contributed by atoms with Gasteiger partial charge in [-0.15, -0.1) is 0 Å². The predicted octanol–water partition coefficient (Wildman–Crippen LogP) is 3.12. The molecule has 0 aliphatic carbocycles. The van der Waals surface area contributed by atoms with Crippen LogP contribution in [0, 0.1) is 0 Å². The Balaban J connectivity index is 2.20. The van der Waals surface area contributed by atoms with Gasteiger partial charge in [-0.3, -0.25) is 4.98 Å². The van der Waals surface area contributed by atoms with Crippen molar-refractivity contribution in [1.82, 2.24) is 4.98 Å². The number of nitrogen functional groups attached to an aromatic ring is 1. The largest absolute Gasteiger partial charge is 0.491 e. The molecule has 2 aromatic rings. The third kappa shape index (κ3) is 2.97. The zero-order chi connectivity index (χ0) is 12.3. The average molecular weight is 228 g/mol. The van der Waals surface area contributed by atoms with E-state index >= 15 is 0 Å². The van der Waals surface area contributed by atoms with E-state index < -0.39 is 0 Å². The molecule has 0 atom stereocenters. The van der Waals surface area contributed by atoms with Gasteiger partial charge in [-0.2, -0.15) is 0 Å². The lowest BCUT2D eigenvalue weighted by molar-refractivity contribution is 0.242. The number of pyridine rings is 1. The van der Waals surface area contributed by atoms with Gasteiger partial charge >= 0.3 is 0 Å². The number of hydrogen-bond acceptors (Lipinski definition) is 3. The van der Waals surface area contributed by atoms with E-state index in [-0.39, 0.29) is 6.10 Å². The number of nitrogens with two attached hydrogens (primary N) is 1. The molecule has 2 N–H and O–H groups in total. The minimum Gasteiger partial charge on any atom is -0.491 e. The van der Waals surface area contributed by atoms with Gasteiger partial charge in [-0.1, -0.05) is 0 Å². The van der Waals surface area contributed by atoms with Gasteiger partial charge in [0.05, 0.1) is 23.7 Å². The molecule has 0 radical (unpaired) electrons. The fourth-order valence-electron chi connectivity index (χ4n) is 1.55. The molecule has 1 heterocycles. The maximum absolute atomic E-state index is 5.60. The van der Waals surface area contributed by atoms with Gasteiger partial charge in [0.1, 0.15) is 5.75 Å². The number of benzene rings is 1. The monoisotopic (exact) mass is 228 g/mol. The molecule has 88 valence electrons. The van der Waals surface area contributed by atoms with Crippen LogP contribution in [0.25, 0.3) is 11.3 Å². The molecule has 0 amide bonds. The minimum absolute atomic E-state index is 0.190. The Morgan fingerprint density at radius 1 is 1.06 bits per heavy atom. The smallest absolute Gasteiger partial charge is 0.119 e. The summed E-state index contributed by atoms with van der Waals surface area (Å²) >= 11 is 0. The van der Waals surface area contributed by atoms with E-state index in [9.17, 15) is 0 Å². The van der Waals surface area contributed by atoms with Crippen LogP contribution in [0.5, 0.6) is 5.75 Å². The maximum atomic E-state index is 5.60. The van der Waals surface area contributed by atoms with Crippen molar-refractivity contribution in [3.8, 4) is 17.0 Å². The summed E-state index contributed by atoms with van der Waals surface area (Å²) in [5, 5.41) is 0. The summed E-state index contributed by atoms with van der Waals surface area (Å²) in [5.41, 5.74) is 8.24. The molecule has 0 aliphatic rings. The van der Waals surface area contributed by atoms with Crippen LogP contribution in [0.15, 0.2) is 42.6 Å². The standard InChI is InChI=1S/C14H16N2O/c1-10(2)17-13-6-3-11(4-7-13)14-8-5-12(15)9-16-14/h3-10H,15H2,1-2H3.